The van der Waals surface area contributed by atoms with Gasteiger partial charge in [0, 0.05) is 13.1 Å². The van der Waals surface area contributed by atoms with Gasteiger partial charge in [-0.05, 0) is 18.5 Å². The van der Waals surface area contributed by atoms with E-state index < -0.39 is 0 Å². The molecule has 1 aromatic carbocycles. The second-order valence-electron chi connectivity index (χ2n) is 5.12. The number of nitrogens with one attached hydrogen (secondary N) is 1. The Hall–Kier alpha value is -1.92. The summed E-state index contributed by atoms with van der Waals surface area (Å²) in [5.41, 5.74) is 8.45. The number of hydrogen-bond acceptors (Lipinski definition) is 4. The fourth-order valence-corrected chi connectivity index (χ4v) is 2.61. The Balaban J connectivity index is 2.06. The summed E-state index contributed by atoms with van der Waals surface area (Å²) >= 11 is 0. The van der Waals surface area contributed by atoms with Gasteiger partial charge >= 0.3 is 0 Å². The lowest BCUT2D eigenvalue weighted by Gasteiger charge is -2.22. The fourth-order valence-electron chi connectivity index (χ4n) is 2.61. The van der Waals surface area contributed by atoms with Crippen molar-refractivity contribution >= 4 is 11.8 Å². The number of carbonyl (C=O) groups is 2. The molecule has 5 N–H and O–H groups in total. The van der Waals surface area contributed by atoms with Gasteiger partial charge < -0.3 is 10.6 Å². The highest BCUT2D eigenvalue weighted by Gasteiger charge is 2.30. The second kappa shape index (κ2) is 6.49. The number of likely N-dealkylation sites (tertiary alicyclic amines) is 1. The third-order valence-corrected chi connectivity index (χ3v) is 3.78. The molecule has 0 spiro atoms. The van der Waals surface area contributed by atoms with Crippen LogP contribution in [0.15, 0.2) is 30.3 Å². The smallest absolute Gasteiger partial charge is 0.242 e. The molecule has 2 atom stereocenters. The van der Waals surface area contributed by atoms with Crippen molar-refractivity contribution in [1.82, 2.24) is 10.3 Å². The normalized spacial score (nSPS) is 20.6. The van der Waals surface area contributed by atoms with Crippen LogP contribution in [0.25, 0.3) is 0 Å². The summed E-state index contributed by atoms with van der Waals surface area (Å²) in [7, 11) is 0. The maximum Gasteiger partial charge on any atom is 0.242 e. The highest BCUT2D eigenvalue weighted by Crippen LogP contribution is 2.22. The predicted octanol–water partition coefficient (Wildman–Crippen LogP) is -0.433. The molecular formula is C14H20N4O2. The van der Waals surface area contributed by atoms with E-state index in [1.165, 1.54) is 0 Å². The number of hydrogen-bond donors (Lipinski definition) is 3. The summed E-state index contributed by atoms with van der Waals surface area (Å²) in [6, 6.07) is 9.49. The number of amides is 2. The third kappa shape index (κ3) is 3.34. The highest BCUT2D eigenvalue weighted by atomic mass is 16.2. The van der Waals surface area contributed by atoms with Crippen LogP contribution >= 0.6 is 0 Å². The van der Waals surface area contributed by atoms with Crippen molar-refractivity contribution in [2.24, 2.45) is 17.5 Å². The molecule has 2 unspecified atom stereocenters. The molecule has 6 heteroatoms. The van der Waals surface area contributed by atoms with Gasteiger partial charge in [0.05, 0.1) is 11.8 Å². The van der Waals surface area contributed by atoms with Gasteiger partial charge in [0.1, 0.15) is 0 Å². The van der Waals surface area contributed by atoms with E-state index in [1.54, 1.807) is 0 Å². The average molecular weight is 276 g/mol. The first-order valence-electron chi connectivity index (χ1n) is 6.69. The van der Waals surface area contributed by atoms with E-state index in [0.717, 1.165) is 18.5 Å². The minimum absolute atomic E-state index is 0.118. The molecule has 1 aromatic rings. The maximum absolute atomic E-state index is 12.0. The Morgan fingerprint density at radius 2 is 2.05 bits per heavy atom. The zero-order chi connectivity index (χ0) is 14.5. The number of nitrogens with two attached hydrogens (primary N) is 2. The van der Waals surface area contributed by atoms with Crippen molar-refractivity contribution in [2.75, 3.05) is 19.6 Å². The van der Waals surface area contributed by atoms with Crippen molar-refractivity contribution in [1.29, 1.82) is 0 Å². The van der Waals surface area contributed by atoms with Crippen molar-refractivity contribution in [2.45, 2.75) is 12.3 Å². The maximum atomic E-state index is 12.0. The first-order chi connectivity index (χ1) is 9.61. The van der Waals surface area contributed by atoms with Crippen molar-refractivity contribution in [3.8, 4) is 0 Å². The molecule has 1 aliphatic heterocycles. The van der Waals surface area contributed by atoms with Crippen molar-refractivity contribution in [3.63, 3.8) is 0 Å². The second-order valence-corrected chi connectivity index (χ2v) is 5.12. The molecule has 1 fully saturated rings. The molecule has 1 saturated heterocycles. The molecule has 2 amide bonds. The average Bonchev–Trinajstić information content (AvgIpc) is 2.94. The monoisotopic (exact) mass is 276 g/mol. The highest BCUT2D eigenvalue weighted by molar-refractivity contribution is 5.83. The Kier molecular flexibility index (Phi) is 4.70. The molecule has 0 radical (unpaired) electrons. The van der Waals surface area contributed by atoms with Gasteiger partial charge in [0.25, 0.3) is 0 Å². The minimum atomic E-state index is -0.340. The molecule has 0 saturated carbocycles. The van der Waals surface area contributed by atoms with Gasteiger partial charge in [0.15, 0.2) is 0 Å². The minimum Gasteiger partial charge on any atom is -0.369 e. The SMILES string of the molecule is NNC(=O)C(CN1CCC(C(N)=O)C1)c1ccccc1. The van der Waals surface area contributed by atoms with Gasteiger partial charge in [-0.25, -0.2) is 5.84 Å². The number of carbonyl (C=O) groups excluding carboxylic acids is 2. The molecule has 0 aliphatic carbocycles. The Labute approximate surface area is 118 Å². The summed E-state index contributed by atoms with van der Waals surface area (Å²) < 4.78 is 0. The molecule has 108 valence electrons. The van der Waals surface area contributed by atoms with Gasteiger partial charge in [-0.1, -0.05) is 30.3 Å². The number of hydrazine groups is 1. The summed E-state index contributed by atoms with van der Waals surface area (Å²) in [5, 5.41) is 0. The lowest BCUT2D eigenvalue weighted by molar-refractivity contribution is -0.123. The molecule has 20 heavy (non-hydrogen) atoms. The van der Waals surface area contributed by atoms with Gasteiger partial charge in [-0.3, -0.25) is 15.0 Å². The number of nitrogens with zero attached hydrogens (tertiary/aromatic N) is 1. The van der Waals surface area contributed by atoms with Crippen LogP contribution in [0.4, 0.5) is 0 Å². The van der Waals surface area contributed by atoms with Gasteiger partial charge in [-0.2, -0.15) is 0 Å². The fraction of sp³-hybridized carbons (Fsp3) is 0.429. The van der Waals surface area contributed by atoms with E-state index in [0.29, 0.717) is 13.1 Å². The first kappa shape index (κ1) is 14.5. The molecule has 2 rings (SSSR count). The largest absolute Gasteiger partial charge is 0.369 e. The van der Waals surface area contributed by atoms with E-state index >= 15 is 0 Å². The van der Waals surface area contributed by atoms with E-state index in [9.17, 15) is 9.59 Å². The van der Waals surface area contributed by atoms with Crippen LogP contribution in [-0.2, 0) is 9.59 Å². The number of rotatable bonds is 5. The topological polar surface area (TPSA) is 101 Å². The lowest BCUT2D eigenvalue weighted by Crippen LogP contribution is -2.40. The zero-order valence-electron chi connectivity index (χ0n) is 11.3. The predicted molar refractivity (Wildman–Crippen MR) is 75.3 cm³/mol. The Morgan fingerprint density at radius 1 is 1.35 bits per heavy atom. The van der Waals surface area contributed by atoms with E-state index in [4.69, 9.17) is 11.6 Å². The molecule has 1 aliphatic rings. The van der Waals surface area contributed by atoms with Crippen LogP contribution in [0.2, 0.25) is 0 Å². The van der Waals surface area contributed by atoms with Crippen LogP contribution in [0.5, 0.6) is 0 Å². The summed E-state index contributed by atoms with van der Waals surface area (Å²) in [5.74, 6) is 4.32. The van der Waals surface area contributed by atoms with E-state index in [-0.39, 0.29) is 23.7 Å². The van der Waals surface area contributed by atoms with Crippen LogP contribution in [0.3, 0.4) is 0 Å². The molecule has 1 heterocycles. The van der Waals surface area contributed by atoms with Crippen LogP contribution < -0.4 is 17.0 Å². The quantitative estimate of drug-likeness (QED) is 0.386. The van der Waals surface area contributed by atoms with Crippen LogP contribution in [0, 0.1) is 5.92 Å². The number of primary amides is 1. The molecule has 0 bridgehead atoms. The van der Waals surface area contributed by atoms with Gasteiger partial charge in [-0.15, -0.1) is 0 Å². The molecule has 6 nitrogen and oxygen atoms in total. The van der Waals surface area contributed by atoms with Gasteiger partial charge in [0.2, 0.25) is 11.8 Å². The molecular weight excluding hydrogens is 256 g/mol. The molecule has 0 aromatic heterocycles. The van der Waals surface area contributed by atoms with Crippen molar-refractivity contribution in [3.05, 3.63) is 35.9 Å². The third-order valence-electron chi connectivity index (χ3n) is 3.78. The lowest BCUT2D eigenvalue weighted by atomic mass is 9.98. The first-order valence-corrected chi connectivity index (χ1v) is 6.69. The zero-order valence-corrected chi connectivity index (χ0v) is 11.3. The van der Waals surface area contributed by atoms with Crippen LogP contribution in [-0.4, -0.2) is 36.3 Å². The summed E-state index contributed by atoms with van der Waals surface area (Å²) in [4.78, 5) is 25.2. The van der Waals surface area contributed by atoms with E-state index in [1.807, 2.05) is 30.3 Å². The number of benzene rings is 1. The van der Waals surface area contributed by atoms with E-state index in [2.05, 4.69) is 10.3 Å². The standard InChI is InChI=1S/C14H20N4O2/c15-13(19)11-6-7-18(8-11)9-12(14(20)17-16)10-4-2-1-3-5-10/h1-5,11-12H,6-9,16H2,(H2,15,19)(H,17,20). The summed E-state index contributed by atoms with van der Waals surface area (Å²) in [6.07, 6.45) is 0.751. The van der Waals surface area contributed by atoms with Crippen molar-refractivity contribution < 1.29 is 9.59 Å². The Morgan fingerprint density at radius 3 is 2.60 bits per heavy atom. The van der Waals surface area contributed by atoms with Crippen LogP contribution in [0.1, 0.15) is 17.9 Å². The summed E-state index contributed by atoms with van der Waals surface area (Å²) in [6.45, 7) is 1.92. The Bertz CT molecular complexity index is 477.